The number of aromatic nitrogens is 1. The highest BCUT2D eigenvalue weighted by atomic mass is 32.2. The molecule has 2 bridgehead atoms. The fourth-order valence-electron chi connectivity index (χ4n) is 5.22. The molecule has 6 heteroatoms. The van der Waals surface area contributed by atoms with Gasteiger partial charge in [0.1, 0.15) is 0 Å². The first-order valence-electron chi connectivity index (χ1n) is 7.67. The van der Waals surface area contributed by atoms with E-state index in [1.54, 1.807) is 15.6 Å². The standard InChI is InChI=1S/C15H22N2O2S2/c1-10-16-7-12(20-10)8-17-13-6-11-4-5-15(13,14(11,2)3)9-21(17,18)19/h7,11,13H,4-6,8-9H2,1-3H3/t11-,13+,15?/m1/s1. The number of hydrogen-bond donors (Lipinski definition) is 0. The molecule has 3 fully saturated rings. The number of thiazole rings is 1. The fourth-order valence-corrected chi connectivity index (χ4v) is 8.63. The maximum absolute atomic E-state index is 12.8. The molecule has 2 heterocycles. The van der Waals surface area contributed by atoms with Crippen LogP contribution in [-0.4, -0.2) is 29.5 Å². The van der Waals surface area contributed by atoms with E-state index in [9.17, 15) is 8.42 Å². The van der Waals surface area contributed by atoms with Crippen LogP contribution in [0.4, 0.5) is 0 Å². The zero-order chi connectivity index (χ0) is 15.0. The Morgan fingerprint density at radius 3 is 2.86 bits per heavy atom. The summed E-state index contributed by atoms with van der Waals surface area (Å²) >= 11 is 1.61. The number of nitrogens with zero attached hydrogens (tertiary/aromatic N) is 2. The molecule has 1 saturated heterocycles. The van der Waals surface area contributed by atoms with Gasteiger partial charge in [-0.05, 0) is 37.5 Å². The average molecular weight is 326 g/mol. The first-order valence-corrected chi connectivity index (χ1v) is 10.1. The quantitative estimate of drug-likeness (QED) is 0.840. The van der Waals surface area contributed by atoms with E-state index in [1.165, 1.54) is 6.42 Å². The molecular weight excluding hydrogens is 304 g/mol. The van der Waals surface area contributed by atoms with Crippen LogP contribution in [0, 0.1) is 23.7 Å². The second kappa shape index (κ2) is 4.09. The van der Waals surface area contributed by atoms with Gasteiger partial charge < -0.3 is 0 Å². The first-order chi connectivity index (χ1) is 9.76. The van der Waals surface area contributed by atoms with Crippen molar-refractivity contribution in [2.75, 3.05) is 5.75 Å². The third kappa shape index (κ3) is 1.70. The molecule has 0 aromatic carbocycles. The van der Waals surface area contributed by atoms with Crippen LogP contribution in [0.25, 0.3) is 0 Å². The van der Waals surface area contributed by atoms with Gasteiger partial charge in [-0.15, -0.1) is 11.3 Å². The van der Waals surface area contributed by atoms with Crippen molar-refractivity contribution in [3.8, 4) is 0 Å². The molecular formula is C15H22N2O2S2. The lowest BCUT2D eigenvalue weighted by molar-refractivity contribution is 0.112. The van der Waals surface area contributed by atoms with Crippen molar-refractivity contribution in [2.45, 2.75) is 52.6 Å². The zero-order valence-corrected chi connectivity index (χ0v) is 14.4. The summed E-state index contributed by atoms with van der Waals surface area (Å²) in [4.78, 5) is 5.33. The van der Waals surface area contributed by atoms with E-state index in [2.05, 4.69) is 18.8 Å². The molecule has 1 spiro atoms. The van der Waals surface area contributed by atoms with E-state index in [4.69, 9.17) is 0 Å². The van der Waals surface area contributed by atoms with E-state index < -0.39 is 10.0 Å². The van der Waals surface area contributed by atoms with Crippen LogP contribution >= 0.6 is 11.3 Å². The molecule has 4 nitrogen and oxygen atoms in total. The molecule has 3 atom stereocenters. The smallest absolute Gasteiger partial charge is 0.215 e. The minimum Gasteiger partial charge on any atom is -0.250 e. The summed E-state index contributed by atoms with van der Waals surface area (Å²) in [7, 11) is -3.14. The van der Waals surface area contributed by atoms with Gasteiger partial charge in [0, 0.05) is 29.1 Å². The molecule has 1 aromatic rings. The van der Waals surface area contributed by atoms with Crippen LogP contribution in [0.1, 0.15) is 43.0 Å². The Morgan fingerprint density at radius 1 is 1.48 bits per heavy atom. The van der Waals surface area contributed by atoms with Gasteiger partial charge in [-0.3, -0.25) is 0 Å². The highest BCUT2D eigenvalue weighted by molar-refractivity contribution is 7.89. The van der Waals surface area contributed by atoms with Crippen LogP contribution < -0.4 is 0 Å². The lowest BCUT2D eigenvalue weighted by atomic mass is 9.69. The highest BCUT2D eigenvalue weighted by Crippen LogP contribution is 2.70. The normalized spacial score (nSPS) is 39.8. The van der Waals surface area contributed by atoms with E-state index in [0.717, 1.165) is 22.7 Å². The minimum atomic E-state index is -3.14. The van der Waals surface area contributed by atoms with Gasteiger partial charge in [-0.1, -0.05) is 13.8 Å². The van der Waals surface area contributed by atoms with Gasteiger partial charge in [-0.25, -0.2) is 13.4 Å². The summed E-state index contributed by atoms with van der Waals surface area (Å²) in [5.41, 5.74) is 0.138. The molecule has 4 rings (SSSR count). The van der Waals surface area contributed by atoms with Crippen LogP contribution in [0.3, 0.4) is 0 Å². The number of fused-ring (bicyclic) bond motifs is 1. The Labute approximate surface area is 130 Å². The summed E-state index contributed by atoms with van der Waals surface area (Å²) in [6.45, 7) is 7.07. The lowest BCUT2D eigenvalue weighted by Crippen LogP contribution is -2.41. The van der Waals surface area contributed by atoms with Crippen molar-refractivity contribution in [3.63, 3.8) is 0 Å². The van der Waals surface area contributed by atoms with E-state index in [-0.39, 0.29) is 16.9 Å². The Hall–Kier alpha value is -0.460. The third-order valence-electron chi connectivity index (χ3n) is 6.51. The first kappa shape index (κ1) is 14.2. The van der Waals surface area contributed by atoms with Gasteiger partial charge in [0.15, 0.2) is 0 Å². The summed E-state index contributed by atoms with van der Waals surface area (Å²) in [5, 5.41) is 1.00. The predicted molar refractivity (Wildman–Crippen MR) is 83.5 cm³/mol. The molecule has 116 valence electrons. The average Bonchev–Trinajstić information content (AvgIpc) is 3.01. The van der Waals surface area contributed by atoms with E-state index >= 15 is 0 Å². The summed E-state index contributed by atoms with van der Waals surface area (Å²) in [6, 6.07) is 0.207. The van der Waals surface area contributed by atoms with Crippen molar-refractivity contribution in [1.82, 2.24) is 9.29 Å². The van der Waals surface area contributed by atoms with Gasteiger partial charge in [-0.2, -0.15) is 4.31 Å². The molecule has 3 aliphatic rings. The second-order valence-corrected chi connectivity index (χ2v) is 10.8. The van der Waals surface area contributed by atoms with Gasteiger partial charge in [0.05, 0.1) is 10.8 Å². The Morgan fingerprint density at radius 2 is 2.24 bits per heavy atom. The van der Waals surface area contributed by atoms with Gasteiger partial charge >= 0.3 is 0 Å². The number of rotatable bonds is 2. The molecule has 2 saturated carbocycles. The minimum absolute atomic E-state index is 0.0176. The number of aryl methyl sites for hydroxylation is 1. The third-order valence-corrected chi connectivity index (χ3v) is 9.39. The van der Waals surface area contributed by atoms with Crippen molar-refractivity contribution < 1.29 is 8.42 Å². The molecule has 1 unspecified atom stereocenters. The largest absolute Gasteiger partial charge is 0.250 e. The molecule has 2 aliphatic carbocycles. The van der Waals surface area contributed by atoms with Crippen LogP contribution in [0.2, 0.25) is 0 Å². The SMILES string of the molecule is Cc1ncc(CN2[C@H]3C[C@H]4CCC3(CS2(=O)=O)C4(C)C)s1. The van der Waals surface area contributed by atoms with Crippen molar-refractivity contribution in [3.05, 3.63) is 16.1 Å². The zero-order valence-electron chi connectivity index (χ0n) is 12.8. The highest BCUT2D eigenvalue weighted by Gasteiger charge is 2.71. The van der Waals surface area contributed by atoms with Crippen LogP contribution in [0.15, 0.2) is 6.20 Å². The molecule has 1 aromatic heterocycles. The van der Waals surface area contributed by atoms with Crippen LogP contribution in [0.5, 0.6) is 0 Å². The number of hydrogen-bond acceptors (Lipinski definition) is 4. The molecule has 1 aliphatic heterocycles. The van der Waals surface area contributed by atoms with Crippen molar-refractivity contribution >= 4 is 21.4 Å². The van der Waals surface area contributed by atoms with Crippen molar-refractivity contribution in [2.24, 2.45) is 16.7 Å². The predicted octanol–water partition coefficient (Wildman–Crippen LogP) is 2.79. The Bertz CT molecular complexity index is 694. The van der Waals surface area contributed by atoms with Gasteiger partial charge in [0.25, 0.3) is 0 Å². The Balaban J connectivity index is 1.72. The van der Waals surface area contributed by atoms with Crippen LogP contribution in [-0.2, 0) is 16.6 Å². The Kier molecular flexibility index (Phi) is 2.75. The molecule has 0 radical (unpaired) electrons. The van der Waals surface area contributed by atoms with Gasteiger partial charge in [0.2, 0.25) is 10.0 Å². The number of sulfonamides is 1. The fraction of sp³-hybridized carbons (Fsp3) is 0.800. The molecule has 0 N–H and O–H groups in total. The summed E-state index contributed by atoms with van der Waals surface area (Å²) in [5.74, 6) is 1.04. The van der Waals surface area contributed by atoms with E-state index in [0.29, 0.717) is 18.2 Å². The van der Waals surface area contributed by atoms with Crippen molar-refractivity contribution in [1.29, 1.82) is 0 Å². The topological polar surface area (TPSA) is 50.3 Å². The van der Waals surface area contributed by atoms with E-state index in [1.807, 2.05) is 13.1 Å². The summed E-state index contributed by atoms with van der Waals surface area (Å²) < 4.78 is 27.3. The monoisotopic (exact) mass is 326 g/mol. The molecule has 0 amide bonds. The summed E-state index contributed by atoms with van der Waals surface area (Å²) in [6.07, 6.45) is 5.15. The molecule has 21 heavy (non-hydrogen) atoms. The lowest BCUT2D eigenvalue weighted by Gasteiger charge is -2.37. The maximum Gasteiger partial charge on any atom is 0.215 e. The second-order valence-electron chi connectivity index (χ2n) is 7.51. The maximum atomic E-state index is 12.8.